The molecular weight excluding hydrogens is 392 g/mol. The van der Waals surface area contributed by atoms with Gasteiger partial charge >= 0.3 is 0 Å². The number of ether oxygens (including phenoxy) is 2. The standard InChI is InChI=1S/C20H22N4O4S/c1-14-11-19-21-13-22-24(19)12-16(14)15-5-7-23(8-6-15)29(25,26)18-4-2-3-17-20(18)28-10-9-27-17/h2-4,11-13,15H,5-10H2,1H3. The highest BCUT2D eigenvalue weighted by molar-refractivity contribution is 7.89. The lowest BCUT2D eigenvalue weighted by atomic mass is 9.89. The van der Waals surface area contributed by atoms with Gasteiger partial charge in [0, 0.05) is 19.3 Å². The van der Waals surface area contributed by atoms with E-state index in [9.17, 15) is 8.42 Å². The molecule has 2 aliphatic heterocycles. The molecule has 1 saturated heterocycles. The van der Waals surface area contributed by atoms with Gasteiger partial charge in [-0.1, -0.05) is 6.07 Å². The largest absolute Gasteiger partial charge is 0.486 e. The van der Waals surface area contributed by atoms with Crippen LogP contribution in [0.2, 0.25) is 0 Å². The van der Waals surface area contributed by atoms with Gasteiger partial charge in [-0.05, 0) is 55.0 Å². The molecule has 1 aromatic carbocycles. The number of para-hydroxylation sites is 1. The van der Waals surface area contributed by atoms with E-state index in [-0.39, 0.29) is 4.90 Å². The fourth-order valence-electron chi connectivity index (χ4n) is 4.20. The van der Waals surface area contributed by atoms with Gasteiger partial charge in [-0.15, -0.1) is 0 Å². The molecule has 0 unspecified atom stereocenters. The Kier molecular flexibility index (Phi) is 4.44. The number of hydrogen-bond acceptors (Lipinski definition) is 6. The second kappa shape index (κ2) is 7.00. The normalized spacial score (nSPS) is 18.2. The van der Waals surface area contributed by atoms with Crippen LogP contribution in [0.5, 0.6) is 11.5 Å². The molecule has 2 aromatic heterocycles. The van der Waals surface area contributed by atoms with Crippen molar-refractivity contribution >= 4 is 15.7 Å². The van der Waals surface area contributed by atoms with Crippen molar-refractivity contribution in [3.63, 3.8) is 0 Å². The highest BCUT2D eigenvalue weighted by atomic mass is 32.2. The lowest BCUT2D eigenvalue weighted by molar-refractivity contribution is 0.166. The van der Waals surface area contributed by atoms with Gasteiger partial charge in [-0.3, -0.25) is 0 Å². The van der Waals surface area contributed by atoms with Gasteiger partial charge in [-0.25, -0.2) is 17.9 Å². The summed E-state index contributed by atoms with van der Waals surface area (Å²) in [6.07, 6.45) is 5.07. The number of sulfonamides is 1. The number of aryl methyl sites for hydroxylation is 1. The quantitative estimate of drug-likeness (QED) is 0.654. The summed E-state index contributed by atoms with van der Waals surface area (Å²) in [4.78, 5) is 4.41. The summed E-state index contributed by atoms with van der Waals surface area (Å²) in [7, 11) is -3.64. The third-order valence-electron chi connectivity index (χ3n) is 5.70. The van der Waals surface area contributed by atoms with Crippen molar-refractivity contribution in [2.24, 2.45) is 0 Å². The van der Waals surface area contributed by atoms with E-state index in [1.807, 2.05) is 12.3 Å². The van der Waals surface area contributed by atoms with Gasteiger partial charge in [0.2, 0.25) is 10.0 Å². The summed E-state index contributed by atoms with van der Waals surface area (Å²) in [5.41, 5.74) is 3.19. The molecule has 8 nitrogen and oxygen atoms in total. The average Bonchev–Trinajstić information content (AvgIpc) is 3.20. The van der Waals surface area contributed by atoms with Crippen LogP contribution in [0.1, 0.15) is 29.9 Å². The Morgan fingerprint density at radius 3 is 2.76 bits per heavy atom. The molecule has 0 spiro atoms. The summed E-state index contributed by atoms with van der Waals surface area (Å²) in [5.74, 6) is 1.11. The Balaban J connectivity index is 1.38. The number of piperidine rings is 1. The zero-order valence-corrected chi connectivity index (χ0v) is 16.9. The highest BCUT2D eigenvalue weighted by Gasteiger charge is 2.34. The van der Waals surface area contributed by atoms with Crippen LogP contribution >= 0.6 is 0 Å². The predicted molar refractivity (Wildman–Crippen MR) is 106 cm³/mol. The van der Waals surface area contributed by atoms with E-state index in [1.165, 1.54) is 5.56 Å². The molecule has 5 rings (SSSR count). The van der Waals surface area contributed by atoms with Crippen molar-refractivity contribution in [1.29, 1.82) is 0 Å². The molecule has 29 heavy (non-hydrogen) atoms. The maximum Gasteiger partial charge on any atom is 0.246 e. The number of pyridine rings is 1. The SMILES string of the molecule is Cc1cc2ncnn2cc1C1CCN(S(=O)(=O)c2cccc3c2OCCO3)CC1. The molecule has 0 amide bonds. The van der Waals surface area contributed by atoms with Crippen molar-refractivity contribution in [2.45, 2.75) is 30.6 Å². The van der Waals surface area contributed by atoms with Crippen LogP contribution in [-0.4, -0.2) is 53.6 Å². The van der Waals surface area contributed by atoms with E-state index < -0.39 is 10.0 Å². The summed E-state index contributed by atoms with van der Waals surface area (Å²) in [6, 6.07) is 7.06. The molecule has 0 N–H and O–H groups in total. The first-order chi connectivity index (χ1) is 14.0. The average molecular weight is 414 g/mol. The first-order valence-corrected chi connectivity index (χ1v) is 11.2. The van der Waals surface area contributed by atoms with E-state index in [2.05, 4.69) is 17.0 Å². The number of hydrogen-bond donors (Lipinski definition) is 0. The molecule has 0 bridgehead atoms. The van der Waals surface area contributed by atoms with E-state index in [1.54, 1.807) is 33.3 Å². The second-order valence-electron chi connectivity index (χ2n) is 7.43. The number of fused-ring (bicyclic) bond motifs is 2. The lowest BCUT2D eigenvalue weighted by Gasteiger charge is -2.32. The third kappa shape index (κ3) is 3.14. The van der Waals surface area contributed by atoms with Gasteiger partial charge in [0.05, 0.1) is 0 Å². The van der Waals surface area contributed by atoms with Crippen LogP contribution in [0.3, 0.4) is 0 Å². The molecule has 152 valence electrons. The zero-order valence-electron chi connectivity index (χ0n) is 16.1. The van der Waals surface area contributed by atoms with E-state index in [0.29, 0.717) is 43.7 Å². The lowest BCUT2D eigenvalue weighted by Crippen LogP contribution is -2.38. The monoisotopic (exact) mass is 414 g/mol. The molecule has 1 fully saturated rings. The maximum absolute atomic E-state index is 13.3. The van der Waals surface area contributed by atoms with E-state index >= 15 is 0 Å². The van der Waals surface area contributed by atoms with Gasteiger partial charge in [0.1, 0.15) is 24.4 Å². The number of nitrogens with zero attached hydrogens (tertiary/aromatic N) is 4. The van der Waals surface area contributed by atoms with Crippen molar-refractivity contribution in [3.05, 3.63) is 47.9 Å². The first-order valence-electron chi connectivity index (χ1n) is 9.73. The molecule has 0 saturated carbocycles. The molecular formula is C20H22N4O4S. The molecule has 9 heteroatoms. The maximum atomic E-state index is 13.3. The van der Waals surface area contributed by atoms with Crippen molar-refractivity contribution < 1.29 is 17.9 Å². The minimum Gasteiger partial charge on any atom is -0.486 e. The van der Waals surface area contributed by atoms with Gasteiger partial charge in [0.15, 0.2) is 17.1 Å². The Morgan fingerprint density at radius 1 is 1.14 bits per heavy atom. The molecule has 3 aromatic rings. The fourth-order valence-corrected chi connectivity index (χ4v) is 5.81. The Morgan fingerprint density at radius 2 is 1.93 bits per heavy atom. The third-order valence-corrected chi connectivity index (χ3v) is 7.63. The summed E-state index contributed by atoms with van der Waals surface area (Å²) >= 11 is 0. The number of aromatic nitrogens is 3. The molecule has 4 heterocycles. The summed E-state index contributed by atoms with van der Waals surface area (Å²) < 4.78 is 41.1. The van der Waals surface area contributed by atoms with Crippen LogP contribution < -0.4 is 9.47 Å². The minimum atomic E-state index is -3.64. The predicted octanol–water partition coefficient (Wildman–Crippen LogP) is 2.38. The molecule has 0 aliphatic carbocycles. The smallest absolute Gasteiger partial charge is 0.246 e. The Hall–Kier alpha value is -2.65. The van der Waals surface area contributed by atoms with Gasteiger partial charge in [-0.2, -0.15) is 9.40 Å². The summed E-state index contributed by atoms with van der Waals surface area (Å²) in [6.45, 7) is 3.78. The summed E-state index contributed by atoms with van der Waals surface area (Å²) in [5, 5.41) is 4.22. The van der Waals surface area contributed by atoms with E-state index in [4.69, 9.17) is 9.47 Å². The zero-order chi connectivity index (χ0) is 20.0. The van der Waals surface area contributed by atoms with Crippen LogP contribution in [0.25, 0.3) is 5.65 Å². The van der Waals surface area contributed by atoms with Gasteiger partial charge in [0.25, 0.3) is 0 Å². The molecule has 0 atom stereocenters. The number of benzene rings is 1. The molecule has 2 aliphatic rings. The second-order valence-corrected chi connectivity index (χ2v) is 9.34. The number of rotatable bonds is 3. The highest BCUT2D eigenvalue weighted by Crippen LogP contribution is 2.39. The Labute approximate surface area is 169 Å². The topological polar surface area (TPSA) is 86.0 Å². The van der Waals surface area contributed by atoms with Crippen molar-refractivity contribution in [1.82, 2.24) is 18.9 Å². The van der Waals surface area contributed by atoms with Gasteiger partial charge < -0.3 is 9.47 Å². The van der Waals surface area contributed by atoms with Crippen LogP contribution in [0.15, 0.2) is 41.7 Å². The minimum absolute atomic E-state index is 0.188. The van der Waals surface area contributed by atoms with Crippen molar-refractivity contribution in [2.75, 3.05) is 26.3 Å². The molecule has 0 radical (unpaired) electrons. The van der Waals surface area contributed by atoms with Crippen LogP contribution in [-0.2, 0) is 10.0 Å². The van der Waals surface area contributed by atoms with Crippen LogP contribution in [0.4, 0.5) is 0 Å². The Bertz CT molecular complexity index is 1170. The first kappa shape index (κ1) is 18.4. The van der Waals surface area contributed by atoms with Crippen LogP contribution in [0, 0.1) is 6.92 Å². The fraction of sp³-hybridized carbons (Fsp3) is 0.400. The van der Waals surface area contributed by atoms with E-state index in [0.717, 1.165) is 24.1 Å². The van der Waals surface area contributed by atoms with Crippen molar-refractivity contribution in [3.8, 4) is 11.5 Å².